The van der Waals surface area contributed by atoms with Crippen LogP contribution in [0, 0.1) is 0 Å². The maximum atomic E-state index is 4.41. The predicted molar refractivity (Wildman–Crippen MR) is 147 cm³/mol. The summed E-state index contributed by atoms with van der Waals surface area (Å²) in [6.45, 7) is 10.5. The van der Waals surface area contributed by atoms with Gasteiger partial charge in [-0.2, -0.15) is 0 Å². The second-order valence-corrected chi connectivity index (χ2v) is 8.10. The molecule has 4 rings (SSSR count). The van der Waals surface area contributed by atoms with Crippen LogP contribution in [0.25, 0.3) is 11.1 Å². The third-order valence-electron chi connectivity index (χ3n) is 5.66. The van der Waals surface area contributed by atoms with Gasteiger partial charge in [-0.05, 0) is 66.5 Å². The SMILES string of the molecule is C=C(/C=C\C=C/C)NC1=C/Cc2ccccc2N(c2ccc(-c3ccccc3)cc2)C(=C)/C=C\1. The minimum Gasteiger partial charge on any atom is -0.356 e. The van der Waals surface area contributed by atoms with E-state index in [0.717, 1.165) is 34.9 Å². The van der Waals surface area contributed by atoms with E-state index in [0.29, 0.717) is 0 Å². The molecular weight excluding hydrogens is 412 g/mol. The molecule has 0 radical (unpaired) electrons. The molecule has 0 aromatic heterocycles. The Morgan fingerprint density at radius 3 is 2.32 bits per heavy atom. The van der Waals surface area contributed by atoms with Crippen molar-refractivity contribution in [1.82, 2.24) is 5.32 Å². The average Bonchev–Trinajstić information content (AvgIpc) is 2.93. The first-order valence-electron chi connectivity index (χ1n) is 11.5. The summed E-state index contributed by atoms with van der Waals surface area (Å²) >= 11 is 0. The van der Waals surface area contributed by atoms with Crippen molar-refractivity contribution in [2.24, 2.45) is 0 Å². The molecule has 1 heterocycles. The summed E-state index contributed by atoms with van der Waals surface area (Å²) in [5, 5.41) is 3.40. The molecule has 0 bridgehead atoms. The highest BCUT2D eigenvalue weighted by molar-refractivity contribution is 5.75. The Kier molecular flexibility index (Phi) is 7.42. The number of benzene rings is 3. The minimum absolute atomic E-state index is 0.792. The molecule has 3 aromatic rings. The van der Waals surface area contributed by atoms with E-state index in [1.54, 1.807) is 0 Å². The molecule has 3 aromatic carbocycles. The van der Waals surface area contributed by atoms with Crippen LogP contribution in [0.15, 0.2) is 152 Å². The maximum Gasteiger partial charge on any atom is 0.0496 e. The summed E-state index contributed by atoms with van der Waals surface area (Å²) in [7, 11) is 0. The van der Waals surface area contributed by atoms with Crippen LogP contribution >= 0.6 is 0 Å². The first kappa shape index (κ1) is 22.9. The van der Waals surface area contributed by atoms with E-state index < -0.39 is 0 Å². The number of hydrogen-bond acceptors (Lipinski definition) is 2. The molecule has 1 N–H and O–H groups in total. The fourth-order valence-electron chi connectivity index (χ4n) is 3.95. The molecule has 0 aliphatic carbocycles. The molecule has 1 aliphatic rings. The van der Waals surface area contributed by atoms with Gasteiger partial charge in [0.2, 0.25) is 0 Å². The van der Waals surface area contributed by atoms with Gasteiger partial charge in [-0.1, -0.05) is 98.1 Å². The van der Waals surface area contributed by atoms with Crippen LogP contribution in [0.3, 0.4) is 0 Å². The number of nitrogens with one attached hydrogen (secondary N) is 1. The summed E-state index contributed by atoms with van der Waals surface area (Å²) < 4.78 is 0. The van der Waals surface area contributed by atoms with E-state index in [2.05, 4.69) is 114 Å². The van der Waals surface area contributed by atoms with E-state index in [9.17, 15) is 0 Å². The van der Waals surface area contributed by atoms with Crippen LogP contribution < -0.4 is 10.2 Å². The van der Waals surface area contributed by atoms with Crippen molar-refractivity contribution in [3.05, 3.63) is 157 Å². The van der Waals surface area contributed by atoms with Gasteiger partial charge < -0.3 is 10.2 Å². The fourth-order valence-corrected chi connectivity index (χ4v) is 3.95. The topological polar surface area (TPSA) is 15.3 Å². The van der Waals surface area contributed by atoms with Gasteiger partial charge in [0.15, 0.2) is 0 Å². The highest BCUT2D eigenvalue weighted by Gasteiger charge is 2.16. The predicted octanol–water partition coefficient (Wildman–Crippen LogP) is 8.24. The molecule has 2 heteroatoms. The van der Waals surface area contributed by atoms with Crippen LogP contribution in [0.1, 0.15) is 12.5 Å². The molecule has 2 nitrogen and oxygen atoms in total. The number of fused-ring (bicyclic) bond motifs is 1. The van der Waals surface area contributed by atoms with Gasteiger partial charge in [0.05, 0.1) is 0 Å². The Hall–Kier alpha value is -4.30. The quantitative estimate of drug-likeness (QED) is 0.387. The molecule has 0 saturated heterocycles. The lowest BCUT2D eigenvalue weighted by molar-refractivity contribution is 1.03. The largest absolute Gasteiger partial charge is 0.356 e. The molecule has 0 atom stereocenters. The van der Waals surface area contributed by atoms with Gasteiger partial charge in [0.1, 0.15) is 0 Å². The van der Waals surface area contributed by atoms with Crippen molar-refractivity contribution < 1.29 is 0 Å². The van der Waals surface area contributed by atoms with E-state index in [1.165, 1.54) is 16.7 Å². The van der Waals surface area contributed by atoms with Crippen LogP contribution in [0.2, 0.25) is 0 Å². The van der Waals surface area contributed by atoms with Crippen LogP contribution in [0.4, 0.5) is 11.4 Å². The van der Waals surface area contributed by atoms with Crippen LogP contribution in [-0.2, 0) is 6.42 Å². The summed E-state index contributed by atoms with van der Waals surface area (Å²) in [5.41, 5.74) is 8.57. The number of nitrogens with zero attached hydrogens (tertiary/aromatic N) is 1. The summed E-state index contributed by atoms with van der Waals surface area (Å²) in [4.78, 5) is 2.22. The molecule has 0 saturated carbocycles. The lowest BCUT2D eigenvalue weighted by Crippen LogP contribution is -2.15. The first-order valence-corrected chi connectivity index (χ1v) is 11.5. The Balaban J connectivity index is 1.65. The maximum absolute atomic E-state index is 4.41. The molecule has 1 aliphatic heterocycles. The standard InChI is InChI=1S/C32H30N2/c1-4-5-7-12-25(2)33-30-21-17-26(3)34(32-16-11-10-15-29(32)18-22-30)31-23-19-28(20-24-31)27-13-8-6-9-14-27/h4-17,19-24,33H,2-3,18H2,1H3/b5-4-,12-7-,21-17-,30-22+. The summed E-state index contributed by atoms with van der Waals surface area (Å²) in [5.74, 6) is 0. The lowest BCUT2D eigenvalue weighted by atomic mass is 10.0. The minimum atomic E-state index is 0.792. The Labute approximate surface area is 203 Å². The van der Waals surface area contributed by atoms with Crippen LogP contribution in [0.5, 0.6) is 0 Å². The molecule has 0 amide bonds. The van der Waals surface area contributed by atoms with Crippen molar-refractivity contribution in [2.45, 2.75) is 13.3 Å². The normalized spacial score (nSPS) is 16.3. The van der Waals surface area contributed by atoms with Crippen LogP contribution in [-0.4, -0.2) is 0 Å². The Bertz CT molecular complexity index is 1270. The molecular formula is C32H30N2. The second-order valence-electron chi connectivity index (χ2n) is 8.10. The van der Waals surface area contributed by atoms with Gasteiger partial charge in [-0.3, -0.25) is 0 Å². The molecule has 34 heavy (non-hydrogen) atoms. The van der Waals surface area contributed by atoms with Gasteiger partial charge in [-0.25, -0.2) is 0 Å². The van der Waals surface area contributed by atoms with Gasteiger partial charge in [0.25, 0.3) is 0 Å². The summed E-state index contributed by atoms with van der Waals surface area (Å²) in [6.07, 6.45) is 15.0. The molecule has 0 fully saturated rings. The average molecular weight is 443 g/mol. The van der Waals surface area contributed by atoms with Crippen molar-refractivity contribution in [1.29, 1.82) is 0 Å². The van der Waals surface area contributed by atoms with E-state index in [-0.39, 0.29) is 0 Å². The van der Waals surface area contributed by atoms with Crippen molar-refractivity contribution in [3.8, 4) is 11.1 Å². The number of anilines is 2. The van der Waals surface area contributed by atoms with Gasteiger partial charge in [-0.15, -0.1) is 0 Å². The zero-order valence-electron chi connectivity index (χ0n) is 19.6. The van der Waals surface area contributed by atoms with Gasteiger partial charge in [0, 0.05) is 28.5 Å². The Morgan fingerprint density at radius 2 is 1.56 bits per heavy atom. The summed E-state index contributed by atoms with van der Waals surface area (Å²) in [6, 6.07) is 27.6. The fraction of sp³-hybridized carbons (Fsp3) is 0.0625. The van der Waals surface area contributed by atoms with E-state index >= 15 is 0 Å². The zero-order chi connectivity index (χ0) is 23.8. The number of allylic oxidation sites excluding steroid dienone is 7. The third kappa shape index (κ3) is 5.54. The third-order valence-corrected chi connectivity index (χ3v) is 5.66. The van der Waals surface area contributed by atoms with Gasteiger partial charge >= 0.3 is 0 Å². The number of para-hydroxylation sites is 1. The molecule has 168 valence electrons. The highest BCUT2D eigenvalue weighted by atomic mass is 15.1. The van der Waals surface area contributed by atoms with E-state index in [1.807, 2.05) is 37.3 Å². The lowest BCUT2D eigenvalue weighted by Gasteiger charge is -2.27. The first-order chi connectivity index (χ1) is 16.7. The number of rotatable bonds is 6. The second kappa shape index (κ2) is 11.0. The Morgan fingerprint density at radius 1 is 0.853 bits per heavy atom. The number of hydrogen-bond donors (Lipinski definition) is 1. The smallest absolute Gasteiger partial charge is 0.0496 e. The monoisotopic (exact) mass is 442 g/mol. The van der Waals surface area contributed by atoms with Crippen molar-refractivity contribution in [2.75, 3.05) is 4.90 Å². The van der Waals surface area contributed by atoms with Crippen molar-refractivity contribution in [3.63, 3.8) is 0 Å². The molecule has 0 unspecified atom stereocenters. The van der Waals surface area contributed by atoms with E-state index in [4.69, 9.17) is 0 Å². The zero-order valence-corrected chi connectivity index (χ0v) is 19.6. The van der Waals surface area contributed by atoms with Crippen molar-refractivity contribution >= 4 is 11.4 Å². The molecule has 0 spiro atoms. The highest BCUT2D eigenvalue weighted by Crippen LogP contribution is 2.35.